The quantitative estimate of drug-likeness (QED) is 0.593. The van der Waals surface area contributed by atoms with E-state index in [-0.39, 0.29) is 31.4 Å². The first-order chi connectivity index (χ1) is 12.8. The molecule has 2 rings (SSSR count). The first-order valence-electron chi connectivity index (χ1n) is 8.20. The molecule has 0 heterocycles. The number of nitrogens with one attached hydrogen (secondary N) is 2. The summed E-state index contributed by atoms with van der Waals surface area (Å²) in [4.78, 5) is 34.7. The molecule has 0 saturated carbocycles. The van der Waals surface area contributed by atoms with E-state index >= 15 is 0 Å². The summed E-state index contributed by atoms with van der Waals surface area (Å²) in [7, 11) is 0. The second-order valence-electron chi connectivity index (χ2n) is 5.78. The molecule has 2 aromatic carbocycles. The van der Waals surface area contributed by atoms with Crippen molar-refractivity contribution in [2.75, 3.05) is 18.5 Å². The molecule has 0 atom stereocenters. The van der Waals surface area contributed by atoms with Gasteiger partial charge >= 0.3 is 0 Å². The van der Waals surface area contributed by atoms with Crippen molar-refractivity contribution in [3.63, 3.8) is 0 Å². The Morgan fingerprint density at radius 2 is 1.78 bits per heavy atom. The van der Waals surface area contributed by atoms with Crippen LogP contribution in [0.2, 0.25) is 0 Å². The van der Waals surface area contributed by atoms with Gasteiger partial charge in [-0.15, -0.1) is 0 Å². The molecule has 0 saturated heterocycles. The van der Waals surface area contributed by atoms with Crippen LogP contribution in [0.3, 0.4) is 0 Å². The van der Waals surface area contributed by atoms with Gasteiger partial charge in [-0.3, -0.25) is 14.4 Å². The van der Waals surface area contributed by atoms with Gasteiger partial charge in [0.2, 0.25) is 11.8 Å². The van der Waals surface area contributed by atoms with Crippen molar-refractivity contribution in [2.24, 2.45) is 5.73 Å². The first-order valence-corrected chi connectivity index (χ1v) is 9.00. The van der Waals surface area contributed by atoms with Crippen LogP contribution >= 0.6 is 15.9 Å². The highest BCUT2D eigenvalue weighted by Gasteiger charge is 2.08. The number of aryl methyl sites for hydroxylation is 1. The molecule has 0 aliphatic rings. The highest BCUT2D eigenvalue weighted by Crippen LogP contribution is 2.20. The number of halogens is 1. The Balaban J connectivity index is 1.70. The molecule has 3 amide bonds. The van der Waals surface area contributed by atoms with Crippen molar-refractivity contribution in [2.45, 2.75) is 13.3 Å². The standard InChI is InChI=1S/C19H20BrN3O4/c1-12-2-5-14(20)10-16(12)23-17(24)8-9-22-18(25)11-27-15-6-3-13(4-7-15)19(21)26/h2-7,10H,8-9,11H2,1H3,(H2,21,26)(H,22,25)(H,23,24). The van der Waals surface area contributed by atoms with Crippen LogP contribution in [-0.2, 0) is 9.59 Å². The maximum Gasteiger partial charge on any atom is 0.257 e. The number of hydrogen-bond donors (Lipinski definition) is 3. The summed E-state index contributed by atoms with van der Waals surface area (Å²) in [5, 5.41) is 5.42. The van der Waals surface area contributed by atoms with E-state index in [0.717, 1.165) is 15.7 Å². The van der Waals surface area contributed by atoms with Crippen molar-refractivity contribution in [3.8, 4) is 5.75 Å². The molecular weight excluding hydrogens is 414 g/mol. The van der Waals surface area contributed by atoms with E-state index in [1.165, 1.54) is 12.1 Å². The van der Waals surface area contributed by atoms with Gasteiger partial charge in [0.25, 0.3) is 5.91 Å². The molecule has 4 N–H and O–H groups in total. The molecule has 0 bridgehead atoms. The van der Waals surface area contributed by atoms with Gasteiger partial charge in [-0.1, -0.05) is 22.0 Å². The van der Waals surface area contributed by atoms with E-state index in [2.05, 4.69) is 26.6 Å². The predicted molar refractivity (Wildman–Crippen MR) is 106 cm³/mol. The van der Waals surface area contributed by atoms with Gasteiger partial charge in [-0.05, 0) is 48.9 Å². The van der Waals surface area contributed by atoms with E-state index in [1.54, 1.807) is 12.1 Å². The monoisotopic (exact) mass is 433 g/mol. The molecule has 7 nitrogen and oxygen atoms in total. The van der Waals surface area contributed by atoms with Crippen LogP contribution in [0.5, 0.6) is 5.75 Å². The van der Waals surface area contributed by atoms with Crippen LogP contribution in [0, 0.1) is 6.92 Å². The molecule has 0 fully saturated rings. The van der Waals surface area contributed by atoms with Gasteiger partial charge in [0.1, 0.15) is 5.75 Å². The van der Waals surface area contributed by atoms with Crippen LogP contribution in [0.1, 0.15) is 22.3 Å². The molecule has 0 unspecified atom stereocenters. The summed E-state index contributed by atoms with van der Waals surface area (Å²) in [5.41, 5.74) is 7.19. The zero-order valence-electron chi connectivity index (χ0n) is 14.8. The molecule has 27 heavy (non-hydrogen) atoms. The largest absolute Gasteiger partial charge is 0.484 e. The van der Waals surface area contributed by atoms with Crippen molar-refractivity contribution in [3.05, 3.63) is 58.1 Å². The van der Waals surface area contributed by atoms with E-state index in [1.807, 2.05) is 25.1 Å². The number of carbonyl (C=O) groups is 3. The van der Waals surface area contributed by atoms with E-state index in [9.17, 15) is 14.4 Å². The molecule has 142 valence electrons. The topological polar surface area (TPSA) is 111 Å². The summed E-state index contributed by atoms with van der Waals surface area (Å²) < 4.78 is 6.19. The van der Waals surface area contributed by atoms with Gasteiger partial charge in [0.15, 0.2) is 6.61 Å². The number of nitrogens with two attached hydrogens (primary N) is 1. The van der Waals surface area contributed by atoms with E-state index in [0.29, 0.717) is 11.3 Å². The SMILES string of the molecule is Cc1ccc(Br)cc1NC(=O)CCNC(=O)COc1ccc(C(N)=O)cc1. The molecule has 0 aliphatic carbocycles. The van der Waals surface area contributed by atoms with Gasteiger partial charge in [-0.25, -0.2) is 0 Å². The van der Waals surface area contributed by atoms with Gasteiger partial charge in [-0.2, -0.15) is 0 Å². The number of hydrogen-bond acceptors (Lipinski definition) is 4. The Morgan fingerprint density at radius 1 is 1.07 bits per heavy atom. The summed E-state index contributed by atoms with van der Waals surface area (Å²) in [5.74, 6) is -0.631. The number of anilines is 1. The Labute approximate surface area is 165 Å². The lowest BCUT2D eigenvalue weighted by atomic mass is 10.2. The van der Waals surface area contributed by atoms with Crippen LogP contribution in [0.15, 0.2) is 46.9 Å². The van der Waals surface area contributed by atoms with E-state index in [4.69, 9.17) is 10.5 Å². The lowest BCUT2D eigenvalue weighted by Crippen LogP contribution is -2.31. The Morgan fingerprint density at radius 3 is 2.44 bits per heavy atom. The lowest BCUT2D eigenvalue weighted by Gasteiger charge is -2.10. The number of benzene rings is 2. The highest BCUT2D eigenvalue weighted by molar-refractivity contribution is 9.10. The normalized spacial score (nSPS) is 10.1. The second-order valence-corrected chi connectivity index (χ2v) is 6.70. The van der Waals surface area contributed by atoms with Gasteiger partial charge < -0.3 is 21.1 Å². The third-order valence-electron chi connectivity index (χ3n) is 3.66. The zero-order chi connectivity index (χ0) is 19.8. The molecule has 0 radical (unpaired) electrons. The molecule has 0 aliphatic heterocycles. The third kappa shape index (κ3) is 6.74. The van der Waals surface area contributed by atoms with Gasteiger partial charge in [0.05, 0.1) is 0 Å². The number of amides is 3. The van der Waals surface area contributed by atoms with E-state index < -0.39 is 5.91 Å². The molecule has 2 aromatic rings. The maximum absolute atomic E-state index is 12.0. The Bertz CT molecular complexity index is 837. The fraction of sp³-hybridized carbons (Fsp3) is 0.211. The number of rotatable bonds is 8. The van der Waals surface area contributed by atoms with Crippen LogP contribution < -0.4 is 21.1 Å². The number of ether oxygens (including phenoxy) is 1. The maximum atomic E-state index is 12.0. The number of carbonyl (C=O) groups excluding carboxylic acids is 3. The summed E-state index contributed by atoms with van der Waals surface area (Å²) >= 11 is 3.36. The second kappa shape index (κ2) is 9.72. The van der Waals surface area contributed by atoms with Crippen molar-refractivity contribution >= 4 is 39.3 Å². The minimum absolute atomic E-state index is 0.144. The molecular formula is C19H20BrN3O4. The minimum Gasteiger partial charge on any atom is -0.484 e. The fourth-order valence-corrected chi connectivity index (χ4v) is 2.53. The minimum atomic E-state index is -0.532. The third-order valence-corrected chi connectivity index (χ3v) is 4.15. The highest BCUT2D eigenvalue weighted by atomic mass is 79.9. The van der Waals surface area contributed by atoms with Crippen molar-refractivity contribution in [1.29, 1.82) is 0 Å². The smallest absolute Gasteiger partial charge is 0.257 e. The lowest BCUT2D eigenvalue weighted by molar-refractivity contribution is -0.123. The van der Waals surface area contributed by atoms with Crippen LogP contribution in [0.4, 0.5) is 5.69 Å². The average molecular weight is 434 g/mol. The van der Waals surface area contributed by atoms with Crippen molar-refractivity contribution in [1.82, 2.24) is 5.32 Å². The molecule has 8 heteroatoms. The summed E-state index contributed by atoms with van der Waals surface area (Å²) in [6, 6.07) is 11.8. The number of primary amides is 1. The summed E-state index contributed by atoms with van der Waals surface area (Å²) in [6.45, 7) is 1.90. The average Bonchev–Trinajstić information content (AvgIpc) is 2.63. The zero-order valence-corrected chi connectivity index (χ0v) is 16.3. The van der Waals surface area contributed by atoms with Crippen molar-refractivity contribution < 1.29 is 19.1 Å². The molecule has 0 spiro atoms. The Kier molecular flexibility index (Phi) is 7.36. The first kappa shape index (κ1) is 20.4. The van der Waals surface area contributed by atoms with Crippen LogP contribution in [-0.4, -0.2) is 30.9 Å². The fourth-order valence-electron chi connectivity index (χ4n) is 2.17. The Hall–Kier alpha value is -2.87. The van der Waals surface area contributed by atoms with Crippen LogP contribution in [0.25, 0.3) is 0 Å². The summed E-state index contributed by atoms with van der Waals surface area (Å²) in [6.07, 6.45) is 0.144. The van der Waals surface area contributed by atoms with Gasteiger partial charge in [0, 0.05) is 28.7 Å². The molecule has 0 aromatic heterocycles. The predicted octanol–water partition coefficient (Wildman–Crippen LogP) is 2.38.